The first-order valence-electron chi connectivity index (χ1n) is 9.73. The van der Waals surface area contributed by atoms with E-state index in [1.165, 1.54) is 12.1 Å². The van der Waals surface area contributed by atoms with E-state index < -0.39 is 0 Å². The molecule has 1 aliphatic rings. The molecule has 3 heterocycles. The van der Waals surface area contributed by atoms with E-state index in [0.29, 0.717) is 6.54 Å². The van der Waals surface area contributed by atoms with Gasteiger partial charge >= 0.3 is 0 Å². The van der Waals surface area contributed by atoms with E-state index in [0.717, 1.165) is 55.5 Å². The lowest BCUT2D eigenvalue weighted by molar-refractivity contribution is -0.125. The van der Waals surface area contributed by atoms with Crippen LogP contribution in [0, 0.1) is 11.7 Å². The molecule has 2 aromatic heterocycles. The van der Waals surface area contributed by atoms with Crippen LogP contribution in [-0.4, -0.2) is 40.1 Å². The van der Waals surface area contributed by atoms with Gasteiger partial charge in [0.1, 0.15) is 5.82 Å². The number of benzene rings is 1. The monoisotopic (exact) mass is 381 g/mol. The maximum atomic E-state index is 13.7. The van der Waals surface area contributed by atoms with Crippen LogP contribution < -0.4 is 10.2 Å². The number of hydrogen-bond acceptors (Lipinski definition) is 4. The van der Waals surface area contributed by atoms with Crippen molar-refractivity contribution in [3.63, 3.8) is 0 Å². The number of halogens is 1. The second-order valence-corrected chi connectivity index (χ2v) is 7.20. The van der Waals surface area contributed by atoms with Gasteiger partial charge in [0.05, 0.1) is 11.8 Å². The van der Waals surface area contributed by atoms with Gasteiger partial charge in [-0.05, 0) is 43.5 Å². The Balaban J connectivity index is 1.30. The van der Waals surface area contributed by atoms with E-state index in [9.17, 15) is 9.18 Å². The molecule has 3 aromatic rings. The van der Waals surface area contributed by atoms with Gasteiger partial charge in [0.2, 0.25) is 5.91 Å². The summed E-state index contributed by atoms with van der Waals surface area (Å²) in [6.45, 7) is 3.08. The summed E-state index contributed by atoms with van der Waals surface area (Å²) < 4.78 is 15.7. The number of aryl methyl sites for hydroxylation is 1. The normalized spacial score (nSPS) is 15.1. The third-order valence-corrected chi connectivity index (χ3v) is 5.34. The fourth-order valence-electron chi connectivity index (χ4n) is 3.80. The third-order valence-electron chi connectivity index (χ3n) is 5.34. The lowest BCUT2D eigenvalue weighted by atomic mass is 9.95. The molecular weight excluding hydrogens is 357 g/mol. The summed E-state index contributed by atoms with van der Waals surface area (Å²) in [5.41, 5.74) is 1.78. The number of amides is 1. The molecule has 1 saturated heterocycles. The molecule has 1 aliphatic heterocycles. The van der Waals surface area contributed by atoms with Crippen LogP contribution in [0.3, 0.4) is 0 Å². The van der Waals surface area contributed by atoms with Crippen LogP contribution in [-0.2, 0) is 11.3 Å². The summed E-state index contributed by atoms with van der Waals surface area (Å²) in [4.78, 5) is 23.0. The molecule has 28 heavy (non-hydrogen) atoms. The van der Waals surface area contributed by atoms with Crippen molar-refractivity contribution in [1.29, 1.82) is 0 Å². The summed E-state index contributed by atoms with van der Waals surface area (Å²) in [5.74, 6) is -0.0862. The van der Waals surface area contributed by atoms with Crippen LogP contribution in [0.25, 0.3) is 10.9 Å². The Morgan fingerprint density at radius 3 is 2.86 bits per heavy atom. The van der Waals surface area contributed by atoms with Crippen LogP contribution in [0.4, 0.5) is 10.1 Å². The molecule has 7 heteroatoms. The van der Waals surface area contributed by atoms with Crippen molar-refractivity contribution in [3.05, 3.63) is 55.0 Å². The average Bonchev–Trinajstić information content (AvgIpc) is 3.24. The zero-order valence-corrected chi connectivity index (χ0v) is 15.7. The van der Waals surface area contributed by atoms with Crippen LogP contribution in [0.2, 0.25) is 0 Å². The Hall–Kier alpha value is -2.96. The number of carbonyl (C=O) groups excluding carboxylic acids is 1. The van der Waals surface area contributed by atoms with Crippen molar-refractivity contribution in [2.75, 3.05) is 24.5 Å². The molecule has 1 amide bonds. The molecule has 1 aromatic carbocycles. The highest BCUT2D eigenvalue weighted by molar-refractivity contribution is 5.91. The minimum absolute atomic E-state index is 0.0364. The van der Waals surface area contributed by atoms with Crippen LogP contribution in [0.15, 0.2) is 49.2 Å². The van der Waals surface area contributed by atoms with Gasteiger partial charge < -0.3 is 14.8 Å². The molecule has 0 bridgehead atoms. The van der Waals surface area contributed by atoms with Crippen molar-refractivity contribution in [3.8, 4) is 0 Å². The first-order chi connectivity index (χ1) is 13.7. The largest absolute Gasteiger partial charge is 0.371 e. The number of nitrogens with zero attached hydrogens (tertiary/aromatic N) is 4. The first-order valence-corrected chi connectivity index (χ1v) is 9.73. The van der Waals surface area contributed by atoms with Gasteiger partial charge in [0.25, 0.3) is 0 Å². The Bertz CT molecular complexity index is 935. The van der Waals surface area contributed by atoms with Gasteiger partial charge in [-0.25, -0.2) is 9.37 Å². The number of anilines is 1. The number of rotatable bonds is 6. The second-order valence-electron chi connectivity index (χ2n) is 7.20. The van der Waals surface area contributed by atoms with Crippen molar-refractivity contribution in [2.45, 2.75) is 25.8 Å². The molecule has 0 radical (unpaired) electrons. The highest BCUT2D eigenvalue weighted by atomic mass is 19.1. The zero-order chi connectivity index (χ0) is 19.3. The number of imidazole rings is 1. The van der Waals surface area contributed by atoms with Crippen LogP contribution in [0.1, 0.15) is 19.3 Å². The molecule has 0 atom stereocenters. The van der Waals surface area contributed by atoms with E-state index >= 15 is 0 Å². The van der Waals surface area contributed by atoms with Crippen molar-refractivity contribution < 1.29 is 9.18 Å². The number of fused-ring (bicyclic) bond motifs is 1. The molecule has 0 unspecified atom stereocenters. The molecule has 4 rings (SSSR count). The van der Waals surface area contributed by atoms with E-state index in [-0.39, 0.29) is 17.6 Å². The molecule has 0 saturated carbocycles. The highest BCUT2D eigenvalue weighted by Crippen LogP contribution is 2.29. The molecule has 0 spiro atoms. The van der Waals surface area contributed by atoms with Crippen molar-refractivity contribution >= 4 is 22.5 Å². The molecule has 146 valence electrons. The predicted molar refractivity (Wildman–Crippen MR) is 106 cm³/mol. The number of hydrogen-bond donors (Lipinski definition) is 1. The Kier molecular flexibility index (Phi) is 5.50. The SMILES string of the molecule is O=C(NCCCn1ccnc1)C1CCN(c2ccnc3ccc(F)cc23)CC1. The van der Waals surface area contributed by atoms with Crippen molar-refractivity contribution in [2.24, 2.45) is 5.92 Å². The van der Waals surface area contributed by atoms with E-state index in [1.807, 2.05) is 16.8 Å². The number of nitrogens with one attached hydrogen (secondary N) is 1. The minimum atomic E-state index is -0.258. The number of aromatic nitrogens is 3. The number of pyridine rings is 1. The predicted octanol–water partition coefficient (Wildman–Crippen LogP) is 2.99. The summed E-state index contributed by atoms with van der Waals surface area (Å²) in [6.07, 6.45) is 9.70. The van der Waals surface area contributed by atoms with Crippen LogP contribution >= 0.6 is 0 Å². The standard InChI is InChI=1S/C21H24FN5O/c22-17-2-3-19-18(14-17)20(4-8-24-19)27-11-5-16(6-12-27)21(28)25-7-1-10-26-13-9-23-15-26/h2-4,8-9,13-16H,1,5-7,10-12H2,(H,25,28). The number of piperidine rings is 1. The fraction of sp³-hybridized carbons (Fsp3) is 0.381. The Morgan fingerprint density at radius 2 is 2.07 bits per heavy atom. The Labute approximate surface area is 163 Å². The highest BCUT2D eigenvalue weighted by Gasteiger charge is 2.25. The first kappa shape index (κ1) is 18.4. The molecule has 1 N–H and O–H groups in total. The average molecular weight is 381 g/mol. The van der Waals surface area contributed by atoms with Gasteiger partial charge in [0.15, 0.2) is 0 Å². The number of carbonyl (C=O) groups is 1. The zero-order valence-electron chi connectivity index (χ0n) is 15.7. The van der Waals surface area contributed by atoms with E-state index in [4.69, 9.17) is 0 Å². The van der Waals surface area contributed by atoms with E-state index in [2.05, 4.69) is 20.2 Å². The van der Waals surface area contributed by atoms with Crippen LogP contribution in [0.5, 0.6) is 0 Å². The Morgan fingerprint density at radius 1 is 1.21 bits per heavy atom. The van der Waals surface area contributed by atoms with Gasteiger partial charge in [-0.3, -0.25) is 9.78 Å². The summed E-state index contributed by atoms with van der Waals surface area (Å²) in [7, 11) is 0. The fourth-order valence-corrected chi connectivity index (χ4v) is 3.80. The molecule has 1 fully saturated rings. The molecule has 0 aliphatic carbocycles. The van der Waals surface area contributed by atoms with Gasteiger partial charge in [-0.1, -0.05) is 0 Å². The van der Waals surface area contributed by atoms with E-state index in [1.54, 1.807) is 24.8 Å². The lowest BCUT2D eigenvalue weighted by Gasteiger charge is -2.33. The van der Waals surface area contributed by atoms with Gasteiger partial charge in [-0.15, -0.1) is 0 Å². The smallest absolute Gasteiger partial charge is 0.223 e. The minimum Gasteiger partial charge on any atom is -0.371 e. The third kappa shape index (κ3) is 4.13. The quantitative estimate of drug-likeness (QED) is 0.667. The van der Waals surface area contributed by atoms with Crippen molar-refractivity contribution in [1.82, 2.24) is 19.9 Å². The maximum Gasteiger partial charge on any atom is 0.223 e. The lowest BCUT2D eigenvalue weighted by Crippen LogP contribution is -2.41. The topological polar surface area (TPSA) is 63.1 Å². The summed E-state index contributed by atoms with van der Waals surface area (Å²) in [5, 5.41) is 3.88. The summed E-state index contributed by atoms with van der Waals surface area (Å²) in [6, 6.07) is 6.61. The summed E-state index contributed by atoms with van der Waals surface area (Å²) >= 11 is 0. The molecular formula is C21H24FN5O. The maximum absolute atomic E-state index is 13.7. The van der Waals surface area contributed by atoms with Gasteiger partial charge in [0, 0.05) is 61.8 Å². The van der Waals surface area contributed by atoms with Gasteiger partial charge in [-0.2, -0.15) is 0 Å². The molecule has 6 nitrogen and oxygen atoms in total. The second kappa shape index (κ2) is 8.37.